The number of esters is 1. The minimum Gasteiger partial charge on any atom is -0.462 e. The molecule has 0 radical (unpaired) electrons. The fourth-order valence-electron chi connectivity index (χ4n) is 6.49. The van der Waals surface area contributed by atoms with E-state index in [-0.39, 0.29) is 24.9 Å². The van der Waals surface area contributed by atoms with Gasteiger partial charge in [0.1, 0.15) is 6.10 Å². The molecule has 54 heavy (non-hydrogen) atoms. The van der Waals surface area contributed by atoms with Crippen LogP contribution >= 0.6 is 0 Å². The monoisotopic (exact) mass is 756 g/mol. The maximum Gasteiger partial charge on any atom is 0.306 e. The average molecular weight is 756 g/mol. The van der Waals surface area contributed by atoms with Gasteiger partial charge in [-0.1, -0.05) is 184 Å². The summed E-state index contributed by atoms with van der Waals surface area (Å²) in [6, 6.07) is -0.716. The number of allylic oxidation sites excluding steroid dienone is 10. The molecule has 0 spiro atoms. The van der Waals surface area contributed by atoms with Crippen LogP contribution in [0.1, 0.15) is 207 Å². The highest BCUT2D eigenvalue weighted by Gasteiger charge is 2.24. The average Bonchev–Trinajstić information content (AvgIpc) is 3.16. The van der Waals surface area contributed by atoms with Crippen LogP contribution in [0.4, 0.5) is 0 Å². The molecule has 0 rings (SSSR count). The Labute approximate surface area is 333 Å². The minimum absolute atomic E-state index is 0.0437. The van der Waals surface area contributed by atoms with Gasteiger partial charge in [-0.25, -0.2) is 0 Å². The second-order valence-electron chi connectivity index (χ2n) is 15.2. The highest BCUT2D eigenvalue weighted by atomic mass is 16.5. The number of carbonyl (C=O) groups excluding carboxylic acids is 2. The first kappa shape index (κ1) is 51.6. The van der Waals surface area contributed by atoms with Crippen molar-refractivity contribution in [2.45, 2.75) is 225 Å². The SMILES string of the molecule is CC/C=C/C=C/C=C/C=C\CCCCCC(CC(=O)NC(CO)C(O)CCCCCCCCCCC)OC(=O)CCCCC/C=C\CCCCCCCC. The number of hydrogen-bond donors (Lipinski definition) is 3. The number of aliphatic hydroxyl groups excluding tert-OH is 2. The molecule has 0 aromatic rings. The van der Waals surface area contributed by atoms with Crippen molar-refractivity contribution >= 4 is 11.9 Å². The van der Waals surface area contributed by atoms with Gasteiger partial charge in [-0.05, 0) is 70.6 Å². The van der Waals surface area contributed by atoms with Gasteiger partial charge in [0.25, 0.3) is 0 Å². The van der Waals surface area contributed by atoms with Crippen LogP contribution in [0.2, 0.25) is 0 Å². The Morgan fingerprint density at radius 2 is 1.02 bits per heavy atom. The van der Waals surface area contributed by atoms with Gasteiger partial charge in [0.2, 0.25) is 5.91 Å². The third kappa shape index (κ3) is 36.5. The summed E-state index contributed by atoms with van der Waals surface area (Å²) in [4.78, 5) is 25.9. The fourth-order valence-corrected chi connectivity index (χ4v) is 6.49. The van der Waals surface area contributed by atoms with Crippen LogP contribution < -0.4 is 5.32 Å². The highest BCUT2D eigenvalue weighted by Crippen LogP contribution is 2.16. The first-order valence-corrected chi connectivity index (χ1v) is 22.6. The number of amides is 1. The van der Waals surface area contributed by atoms with E-state index in [1.165, 1.54) is 77.0 Å². The summed E-state index contributed by atoms with van der Waals surface area (Å²) in [5.74, 6) is -0.538. The molecule has 3 N–H and O–H groups in total. The van der Waals surface area contributed by atoms with E-state index in [0.29, 0.717) is 19.3 Å². The lowest BCUT2D eigenvalue weighted by molar-refractivity contribution is -0.151. The van der Waals surface area contributed by atoms with E-state index in [9.17, 15) is 19.8 Å². The molecule has 0 heterocycles. The molecule has 0 aliphatic rings. The summed E-state index contributed by atoms with van der Waals surface area (Å²) in [7, 11) is 0. The lowest BCUT2D eigenvalue weighted by atomic mass is 10.0. The molecule has 312 valence electrons. The molecular weight excluding hydrogens is 671 g/mol. The van der Waals surface area contributed by atoms with E-state index >= 15 is 0 Å². The molecule has 0 aromatic heterocycles. The Balaban J connectivity index is 4.72. The number of unbranched alkanes of at least 4 members (excludes halogenated alkanes) is 20. The third-order valence-electron chi connectivity index (χ3n) is 9.93. The van der Waals surface area contributed by atoms with E-state index < -0.39 is 18.2 Å². The summed E-state index contributed by atoms with van der Waals surface area (Å²) in [5.41, 5.74) is 0. The molecular formula is C48H85NO5. The Kier molecular flexibility index (Phi) is 39.8. The van der Waals surface area contributed by atoms with Gasteiger partial charge in [-0.3, -0.25) is 9.59 Å². The zero-order valence-corrected chi connectivity index (χ0v) is 35.3. The minimum atomic E-state index is -0.799. The van der Waals surface area contributed by atoms with Crippen molar-refractivity contribution in [3.8, 4) is 0 Å². The summed E-state index contributed by atoms with van der Waals surface area (Å²) < 4.78 is 5.87. The Bertz CT molecular complexity index is 984. The van der Waals surface area contributed by atoms with E-state index in [2.05, 4.69) is 56.5 Å². The van der Waals surface area contributed by atoms with Crippen LogP contribution in [0.3, 0.4) is 0 Å². The van der Waals surface area contributed by atoms with Crippen molar-refractivity contribution in [1.82, 2.24) is 5.32 Å². The van der Waals surface area contributed by atoms with Gasteiger partial charge in [0.15, 0.2) is 0 Å². The van der Waals surface area contributed by atoms with Crippen molar-refractivity contribution in [3.63, 3.8) is 0 Å². The first-order valence-electron chi connectivity index (χ1n) is 22.6. The van der Waals surface area contributed by atoms with E-state index in [0.717, 1.165) is 83.5 Å². The summed E-state index contributed by atoms with van der Waals surface area (Å²) >= 11 is 0. The zero-order chi connectivity index (χ0) is 39.6. The van der Waals surface area contributed by atoms with Crippen LogP contribution in [-0.4, -0.2) is 46.9 Å². The van der Waals surface area contributed by atoms with Crippen LogP contribution in [-0.2, 0) is 14.3 Å². The lowest BCUT2D eigenvalue weighted by Gasteiger charge is -2.24. The smallest absolute Gasteiger partial charge is 0.306 e. The second kappa shape index (κ2) is 41.7. The fraction of sp³-hybridized carbons (Fsp3) is 0.750. The largest absolute Gasteiger partial charge is 0.462 e. The van der Waals surface area contributed by atoms with Gasteiger partial charge >= 0.3 is 5.97 Å². The quantitative estimate of drug-likeness (QED) is 0.0251. The van der Waals surface area contributed by atoms with Gasteiger partial charge in [0, 0.05) is 6.42 Å². The number of hydrogen-bond acceptors (Lipinski definition) is 5. The first-order chi connectivity index (χ1) is 26.5. The van der Waals surface area contributed by atoms with E-state index in [1.807, 2.05) is 30.4 Å². The standard InChI is InChI=1S/C48H85NO5/c1-4-7-10-13-16-19-21-23-25-28-30-33-36-39-44(54-48(53)41-38-35-32-29-26-24-22-20-17-14-11-8-5-2)42-47(52)49-45(43-50)46(51)40-37-34-31-27-18-15-12-9-6-3/h7,10,13,16,19,21,23-26,44-46,50-51H,4-6,8-9,11-12,14-15,17-18,20,22,27-43H2,1-3H3,(H,49,52)/b10-7+,16-13+,21-19+,25-23-,26-24-. The van der Waals surface area contributed by atoms with Crippen molar-refractivity contribution in [1.29, 1.82) is 0 Å². The molecule has 1 amide bonds. The molecule has 0 fully saturated rings. The van der Waals surface area contributed by atoms with Crippen LogP contribution in [0, 0.1) is 0 Å². The molecule has 0 saturated heterocycles. The lowest BCUT2D eigenvalue weighted by Crippen LogP contribution is -2.46. The van der Waals surface area contributed by atoms with E-state index in [1.54, 1.807) is 0 Å². The van der Waals surface area contributed by atoms with Gasteiger partial charge < -0.3 is 20.3 Å². The zero-order valence-electron chi connectivity index (χ0n) is 35.3. The van der Waals surface area contributed by atoms with Crippen LogP contribution in [0.5, 0.6) is 0 Å². The summed E-state index contributed by atoms with van der Waals surface area (Å²) in [6.45, 7) is 6.28. The predicted molar refractivity (Wildman–Crippen MR) is 232 cm³/mol. The Morgan fingerprint density at radius 3 is 1.59 bits per heavy atom. The van der Waals surface area contributed by atoms with Crippen molar-refractivity contribution < 1.29 is 24.5 Å². The number of aliphatic hydroxyl groups is 2. The molecule has 3 unspecified atom stereocenters. The number of rotatable bonds is 39. The molecule has 6 heteroatoms. The normalized spacial score (nSPS) is 13.9. The maximum absolute atomic E-state index is 13.1. The van der Waals surface area contributed by atoms with Gasteiger partial charge in [0.05, 0.1) is 25.2 Å². The molecule has 0 saturated carbocycles. The predicted octanol–water partition coefficient (Wildman–Crippen LogP) is 12.9. The van der Waals surface area contributed by atoms with Gasteiger partial charge in [-0.2, -0.15) is 0 Å². The molecule has 0 aliphatic heterocycles. The number of ether oxygens (including phenoxy) is 1. The molecule has 0 aliphatic carbocycles. The van der Waals surface area contributed by atoms with Crippen molar-refractivity contribution in [3.05, 3.63) is 60.8 Å². The molecule has 6 nitrogen and oxygen atoms in total. The van der Waals surface area contributed by atoms with Gasteiger partial charge in [-0.15, -0.1) is 0 Å². The Morgan fingerprint density at radius 1 is 0.556 bits per heavy atom. The molecule has 3 atom stereocenters. The van der Waals surface area contributed by atoms with Crippen LogP contribution in [0.15, 0.2) is 60.8 Å². The van der Waals surface area contributed by atoms with Crippen molar-refractivity contribution in [2.24, 2.45) is 0 Å². The molecule has 0 aromatic carbocycles. The molecule has 0 bridgehead atoms. The summed E-state index contributed by atoms with van der Waals surface area (Å²) in [5, 5.41) is 23.5. The second-order valence-corrected chi connectivity index (χ2v) is 15.2. The third-order valence-corrected chi connectivity index (χ3v) is 9.93. The number of carbonyl (C=O) groups is 2. The maximum atomic E-state index is 13.1. The topological polar surface area (TPSA) is 95.9 Å². The van der Waals surface area contributed by atoms with Crippen molar-refractivity contribution in [2.75, 3.05) is 6.61 Å². The van der Waals surface area contributed by atoms with E-state index in [4.69, 9.17) is 4.74 Å². The van der Waals surface area contributed by atoms with Crippen LogP contribution in [0.25, 0.3) is 0 Å². The highest BCUT2D eigenvalue weighted by molar-refractivity contribution is 5.77. The summed E-state index contributed by atoms with van der Waals surface area (Å²) in [6.07, 6.45) is 49.9. The number of nitrogens with one attached hydrogen (secondary N) is 1. The Hall–Kier alpha value is -2.44.